The molecular weight excluding hydrogens is 234 g/mol. The Bertz CT molecular complexity index is 369. The third-order valence-electron chi connectivity index (χ3n) is 3.58. The highest BCUT2D eigenvalue weighted by molar-refractivity contribution is 6.18. The van der Waals surface area contributed by atoms with E-state index < -0.39 is 0 Å². The molecule has 1 aliphatic rings. The summed E-state index contributed by atoms with van der Waals surface area (Å²) in [6.45, 7) is 6.10. The molecule has 2 nitrogen and oxygen atoms in total. The van der Waals surface area contributed by atoms with Gasteiger partial charge in [0.25, 0.3) is 0 Å². The number of hydrogen-bond donors (Lipinski definition) is 1. The number of hydrogen-bond acceptors (Lipinski definition) is 2. The van der Waals surface area contributed by atoms with Crippen LogP contribution in [0.15, 0.2) is 24.3 Å². The molecule has 3 heteroatoms. The second kappa shape index (κ2) is 5.74. The van der Waals surface area contributed by atoms with Crippen molar-refractivity contribution in [3.05, 3.63) is 29.8 Å². The molecule has 17 heavy (non-hydrogen) atoms. The van der Waals surface area contributed by atoms with Gasteiger partial charge < -0.3 is 10.1 Å². The number of ether oxygens (including phenoxy) is 1. The van der Waals surface area contributed by atoms with Crippen molar-refractivity contribution in [1.82, 2.24) is 5.32 Å². The van der Waals surface area contributed by atoms with Crippen LogP contribution in [0.1, 0.15) is 25.3 Å². The first kappa shape index (κ1) is 12.7. The Labute approximate surface area is 108 Å². The van der Waals surface area contributed by atoms with Gasteiger partial charge >= 0.3 is 0 Å². The molecule has 0 radical (unpaired) electrons. The van der Waals surface area contributed by atoms with E-state index >= 15 is 0 Å². The molecule has 94 valence electrons. The smallest absolute Gasteiger partial charge is 0.122 e. The SMILES string of the molecule is CC(CCl)C(C)NCC1COc2ccccc21. The number of fused-ring (bicyclic) bond motifs is 1. The monoisotopic (exact) mass is 253 g/mol. The number of benzene rings is 1. The van der Waals surface area contributed by atoms with Gasteiger partial charge in [0.2, 0.25) is 0 Å². The second-order valence-corrected chi connectivity index (χ2v) is 5.18. The predicted octanol–water partition coefficient (Wildman–Crippen LogP) is 3.02. The van der Waals surface area contributed by atoms with Crippen molar-refractivity contribution in [2.24, 2.45) is 5.92 Å². The molecule has 0 aromatic heterocycles. The van der Waals surface area contributed by atoms with Gasteiger partial charge in [0, 0.05) is 29.9 Å². The average molecular weight is 254 g/mol. The topological polar surface area (TPSA) is 21.3 Å². The fourth-order valence-electron chi connectivity index (χ4n) is 2.06. The van der Waals surface area contributed by atoms with E-state index in [0.717, 1.165) is 18.9 Å². The summed E-state index contributed by atoms with van der Waals surface area (Å²) >= 11 is 5.86. The van der Waals surface area contributed by atoms with Crippen LogP contribution < -0.4 is 10.1 Å². The number of nitrogens with one attached hydrogen (secondary N) is 1. The molecule has 3 atom stereocenters. The molecule has 0 saturated heterocycles. The summed E-state index contributed by atoms with van der Waals surface area (Å²) in [4.78, 5) is 0. The maximum Gasteiger partial charge on any atom is 0.122 e. The lowest BCUT2D eigenvalue weighted by Crippen LogP contribution is -2.36. The highest BCUT2D eigenvalue weighted by Gasteiger charge is 2.24. The van der Waals surface area contributed by atoms with Crippen LogP contribution in [0.3, 0.4) is 0 Å². The van der Waals surface area contributed by atoms with Gasteiger partial charge in [-0.2, -0.15) is 0 Å². The predicted molar refractivity (Wildman–Crippen MR) is 72.0 cm³/mol. The van der Waals surface area contributed by atoms with Crippen LogP contribution in [0.25, 0.3) is 0 Å². The Kier molecular flexibility index (Phi) is 4.30. The minimum Gasteiger partial charge on any atom is -0.493 e. The van der Waals surface area contributed by atoms with E-state index in [9.17, 15) is 0 Å². The lowest BCUT2D eigenvalue weighted by Gasteiger charge is -2.21. The van der Waals surface area contributed by atoms with E-state index in [0.29, 0.717) is 23.8 Å². The standard InChI is InChI=1S/C14H20ClNO/c1-10(7-15)11(2)16-8-12-9-17-14-6-4-3-5-13(12)14/h3-6,10-12,16H,7-9H2,1-2H3. The Hall–Kier alpha value is -0.730. The van der Waals surface area contributed by atoms with Gasteiger partial charge in [0.15, 0.2) is 0 Å². The van der Waals surface area contributed by atoms with Crippen molar-refractivity contribution in [2.75, 3.05) is 19.0 Å². The molecule has 1 aromatic rings. The van der Waals surface area contributed by atoms with Crippen LogP contribution in [0.4, 0.5) is 0 Å². The molecule has 0 fully saturated rings. The minimum atomic E-state index is 0.445. The van der Waals surface area contributed by atoms with Crippen molar-refractivity contribution in [1.29, 1.82) is 0 Å². The highest BCUT2D eigenvalue weighted by Crippen LogP contribution is 2.32. The lowest BCUT2D eigenvalue weighted by atomic mass is 10.00. The van der Waals surface area contributed by atoms with E-state index in [1.165, 1.54) is 5.56 Å². The summed E-state index contributed by atoms with van der Waals surface area (Å²) in [5, 5.41) is 3.55. The van der Waals surface area contributed by atoms with Gasteiger partial charge in [-0.15, -0.1) is 11.6 Å². The molecule has 3 unspecified atom stereocenters. The third kappa shape index (κ3) is 2.93. The van der Waals surface area contributed by atoms with Gasteiger partial charge in [-0.25, -0.2) is 0 Å². The Balaban J connectivity index is 1.90. The quantitative estimate of drug-likeness (QED) is 0.815. The number of alkyl halides is 1. The Morgan fingerprint density at radius 2 is 2.18 bits per heavy atom. The maximum atomic E-state index is 5.86. The maximum absolute atomic E-state index is 5.86. The van der Waals surface area contributed by atoms with Crippen molar-refractivity contribution in [3.63, 3.8) is 0 Å². The zero-order valence-electron chi connectivity index (χ0n) is 10.4. The van der Waals surface area contributed by atoms with Crippen LogP contribution in [-0.2, 0) is 0 Å². The van der Waals surface area contributed by atoms with Gasteiger partial charge in [0.05, 0.1) is 6.61 Å². The fourth-order valence-corrected chi connectivity index (χ4v) is 2.33. The van der Waals surface area contributed by atoms with E-state index in [1.807, 2.05) is 12.1 Å². The Morgan fingerprint density at radius 1 is 1.41 bits per heavy atom. The molecule has 0 spiro atoms. The van der Waals surface area contributed by atoms with Crippen LogP contribution >= 0.6 is 11.6 Å². The molecule has 0 saturated carbocycles. The highest BCUT2D eigenvalue weighted by atomic mass is 35.5. The van der Waals surface area contributed by atoms with Crippen molar-refractivity contribution >= 4 is 11.6 Å². The zero-order valence-corrected chi connectivity index (χ0v) is 11.2. The zero-order chi connectivity index (χ0) is 12.3. The summed E-state index contributed by atoms with van der Waals surface area (Å²) in [5.41, 5.74) is 1.32. The number of halogens is 1. The van der Waals surface area contributed by atoms with Crippen molar-refractivity contribution in [3.8, 4) is 5.75 Å². The number of para-hydroxylation sites is 1. The molecule has 2 rings (SSSR count). The molecule has 1 aliphatic heterocycles. The molecular formula is C14H20ClNO. The summed E-state index contributed by atoms with van der Waals surface area (Å²) in [6.07, 6.45) is 0. The van der Waals surface area contributed by atoms with Crippen LogP contribution in [-0.4, -0.2) is 25.1 Å². The molecule has 0 bridgehead atoms. The lowest BCUT2D eigenvalue weighted by molar-refractivity contribution is 0.317. The van der Waals surface area contributed by atoms with E-state index in [-0.39, 0.29) is 0 Å². The normalized spacial score (nSPS) is 21.7. The van der Waals surface area contributed by atoms with Crippen molar-refractivity contribution < 1.29 is 4.74 Å². The van der Waals surface area contributed by atoms with Crippen LogP contribution in [0, 0.1) is 5.92 Å². The van der Waals surface area contributed by atoms with Gasteiger partial charge in [-0.1, -0.05) is 25.1 Å². The largest absolute Gasteiger partial charge is 0.493 e. The molecule has 1 heterocycles. The molecule has 0 aliphatic carbocycles. The first-order valence-corrected chi connectivity index (χ1v) is 6.77. The minimum absolute atomic E-state index is 0.445. The van der Waals surface area contributed by atoms with E-state index in [2.05, 4.69) is 31.3 Å². The fraction of sp³-hybridized carbons (Fsp3) is 0.571. The van der Waals surface area contributed by atoms with Crippen LogP contribution in [0.2, 0.25) is 0 Å². The summed E-state index contributed by atoms with van der Waals surface area (Å²) in [7, 11) is 0. The summed E-state index contributed by atoms with van der Waals surface area (Å²) in [5.74, 6) is 2.70. The molecule has 1 aromatic carbocycles. The average Bonchev–Trinajstić information content (AvgIpc) is 2.78. The molecule has 0 amide bonds. The van der Waals surface area contributed by atoms with Crippen molar-refractivity contribution in [2.45, 2.75) is 25.8 Å². The van der Waals surface area contributed by atoms with E-state index in [4.69, 9.17) is 16.3 Å². The number of rotatable bonds is 5. The van der Waals surface area contributed by atoms with E-state index in [1.54, 1.807) is 0 Å². The van der Waals surface area contributed by atoms with Gasteiger partial charge in [-0.05, 0) is 18.9 Å². The second-order valence-electron chi connectivity index (χ2n) is 4.87. The van der Waals surface area contributed by atoms with Crippen LogP contribution in [0.5, 0.6) is 5.75 Å². The Morgan fingerprint density at radius 3 is 2.94 bits per heavy atom. The summed E-state index contributed by atoms with van der Waals surface area (Å²) in [6, 6.07) is 8.74. The summed E-state index contributed by atoms with van der Waals surface area (Å²) < 4.78 is 5.66. The first-order valence-electron chi connectivity index (χ1n) is 6.23. The molecule has 1 N–H and O–H groups in total. The van der Waals surface area contributed by atoms with Gasteiger partial charge in [0.1, 0.15) is 5.75 Å². The first-order chi connectivity index (χ1) is 8.22. The van der Waals surface area contributed by atoms with Gasteiger partial charge in [-0.3, -0.25) is 0 Å². The third-order valence-corrected chi connectivity index (χ3v) is 4.07.